The van der Waals surface area contributed by atoms with Gasteiger partial charge >= 0.3 is 5.69 Å². The topological polar surface area (TPSA) is 128 Å². The minimum Gasteiger partial charge on any atom is -0.497 e. The molecule has 0 saturated heterocycles. The maximum atomic E-state index is 13.2. The van der Waals surface area contributed by atoms with Crippen molar-refractivity contribution in [1.82, 2.24) is 19.4 Å². The van der Waals surface area contributed by atoms with Gasteiger partial charge in [-0.2, -0.15) is 0 Å². The Bertz CT molecular complexity index is 1600. The number of aryl methyl sites for hydroxylation is 1. The van der Waals surface area contributed by atoms with Crippen molar-refractivity contribution in [3.8, 4) is 22.9 Å². The fraction of sp³-hybridized carbons (Fsp3) is 0.346. The summed E-state index contributed by atoms with van der Waals surface area (Å²) in [6, 6.07) is 11.1. The second kappa shape index (κ2) is 9.89. The first kappa shape index (κ1) is 24.8. The number of imidazole rings is 1. The molecule has 2 aromatic carbocycles. The highest BCUT2D eigenvalue weighted by Crippen LogP contribution is 2.36. The van der Waals surface area contributed by atoms with Crippen molar-refractivity contribution in [3.63, 3.8) is 0 Å². The van der Waals surface area contributed by atoms with Gasteiger partial charge in [0.05, 0.1) is 29.9 Å². The van der Waals surface area contributed by atoms with Crippen molar-refractivity contribution in [2.45, 2.75) is 50.3 Å². The van der Waals surface area contributed by atoms with E-state index >= 15 is 0 Å². The van der Waals surface area contributed by atoms with Crippen LogP contribution < -0.4 is 19.9 Å². The Morgan fingerprint density at radius 3 is 2.51 bits per heavy atom. The van der Waals surface area contributed by atoms with E-state index in [-0.39, 0.29) is 22.3 Å². The molecule has 1 aliphatic carbocycles. The van der Waals surface area contributed by atoms with E-state index in [1.807, 2.05) is 6.92 Å². The summed E-state index contributed by atoms with van der Waals surface area (Å²) < 4.78 is 41.4. The summed E-state index contributed by atoms with van der Waals surface area (Å²) in [7, 11) is -2.41. The van der Waals surface area contributed by atoms with E-state index in [9.17, 15) is 13.2 Å². The summed E-state index contributed by atoms with van der Waals surface area (Å²) in [5.74, 6) is 2.07. The lowest BCUT2D eigenvalue weighted by atomic mass is 10.0. The lowest BCUT2D eigenvalue weighted by Gasteiger charge is -2.14. The Hall–Kier alpha value is -3.86. The minimum absolute atomic E-state index is 0.00463. The Morgan fingerprint density at radius 2 is 1.84 bits per heavy atom. The van der Waals surface area contributed by atoms with Crippen molar-refractivity contribution in [2.24, 2.45) is 0 Å². The number of hydrogen-bond donors (Lipinski definition) is 2. The van der Waals surface area contributed by atoms with Crippen LogP contribution in [0.5, 0.6) is 11.5 Å². The third-order valence-electron chi connectivity index (χ3n) is 6.59. The second-order valence-electron chi connectivity index (χ2n) is 9.00. The third-order valence-corrected chi connectivity index (χ3v) is 7.97. The quantitative estimate of drug-likeness (QED) is 0.353. The van der Waals surface area contributed by atoms with Crippen LogP contribution in [-0.2, 0) is 10.0 Å². The van der Waals surface area contributed by atoms with Crippen LogP contribution in [0, 0.1) is 6.92 Å². The zero-order valence-corrected chi connectivity index (χ0v) is 21.8. The molecule has 0 bridgehead atoms. The summed E-state index contributed by atoms with van der Waals surface area (Å²) in [6.07, 6.45) is 4.25. The van der Waals surface area contributed by atoms with E-state index in [4.69, 9.17) is 14.5 Å². The van der Waals surface area contributed by atoms with Crippen LogP contribution in [0.25, 0.3) is 17.0 Å². The maximum Gasteiger partial charge on any atom is 0.334 e. The molecule has 0 amide bonds. The predicted molar refractivity (Wildman–Crippen MR) is 140 cm³/mol. The number of H-pyrrole nitrogens is 1. The lowest BCUT2D eigenvalue weighted by molar-refractivity contribution is 0.341. The van der Waals surface area contributed by atoms with Crippen LogP contribution in [0.3, 0.4) is 0 Å². The Morgan fingerprint density at radius 1 is 1.11 bits per heavy atom. The molecule has 0 radical (unpaired) electrons. The van der Waals surface area contributed by atoms with Crippen LogP contribution >= 0.6 is 0 Å². The van der Waals surface area contributed by atoms with Crippen molar-refractivity contribution in [2.75, 3.05) is 18.4 Å². The Balaban J connectivity index is 1.60. The summed E-state index contributed by atoms with van der Waals surface area (Å²) >= 11 is 0. The first-order valence-electron chi connectivity index (χ1n) is 12.2. The van der Waals surface area contributed by atoms with Crippen molar-refractivity contribution < 1.29 is 17.9 Å². The third kappa shape index (κ3) is 4.78. The first-order chi connectivity index (χ1) is 17.8. The highest BCUT2D eigenvalue weighted by atomic mass is 32.2. The highest BCUT2D eigenvalue weighted by Gasteiger charge is 2.26. The smallest absolute Gasteiger partial charge is 0.334 e. The number of nitrogens with zero attached hydrogens (tertiary/aromatic N) is 3. The van der Waals surface area contributed by atoms with Gasteiger partial charge in [-0.3, -0.25) is 9.71 Å². The summed E-state index contributed by atoms with van der Waals surface area (Å²) in [5, 5.41) is 0. The Kier molecular flexibility index (Phi) is 6.63. The summed E-state index contributed by atoms with van der Waals surface area (Å²) in [6.45, 7) is 3.97. The molecule has 37 heavy (non-hydrogen) atoms. The molecular formula is C26H29N5O5S. The van der Waals surface area contributed by atoms with E-state index in [2.05, 4.69) is 14.7 Å². The van der Waals surface area contributed by atoms with Gasteiger partial charge < -0.3 is 9.47 Å². The average molecular weight is 524 g/mol. The molecular weight excluding hydrogens is 494 g/mol. The fourth-order valence-corrected chi connectivity index (χ4v) is 5.88. The molecule has 1 fully saturated rings. The number of aromatic amines is 1. The van der Waals surface area contributed by atoms with Crippen molar-refractivity contribution >= 4 is 21.4 Å². The summed E-state index contributed by atoms with van der Waals surface area (Å²) in [5.41, 5.74) is 1.68. The van der Waals surface area contributed by atoms with Crippen LogP contribution in [0.2, 0.25) is 0 Å². The molecule has 1 aliphatic rings. The molecule has 11 heteroatoms. The number of hydrogen-bond acceptors (Lipinski definition) is 7. The van der Waals surface area contributed by atoms with Gasteiger partial charge in [-0.05, 0) is 69.2 Å². The van der Waals surface area contributed by atoms with Gasteiger partial charge in [0, 0.05) is 11.6 Å². The van der Waals surface area contributed by atoms with Gasteiger partial charge in [-0.15, -0.1) is 0 Å². The number of methoxy groups -OCH3 is 1. The molecule has 4 aromatic rings. The van der Waals surface area contributed by atoms with Gasteiger partial charge in [0.2, 0.25) is 0 Å². The Labute approximate surface area is 214 Å². The number of ether oxygens (including phenoxy) is 2. The fourth-order valence-electron chi connectivity index (χ4n) is 4.80. The van der Waals surface area contributed by atoms with Crippen molar-refractivity contribution in [1.29, 1.82) is 0 Å². The molecule has 2 aromatic heterocycles. The molecule has 10 nitrogen and oxygen atoms in total. The average Bonchev–Trinajstić information content (AvgIpc) is 3.53. The van der Waals surface area contributed by atoms with Crippen LogP contribution in [-0.4, -0.2) is 41.5 Å². The van der Waals surface area contributed by atoms with Gasteiger partial charge in [0.1, 0.15) is 23.1 Å². The van der Waals surface area contributed by atoms with Gasteiger partial charge in [-0.1, -0.05) is 12.8 Å². The number of benzene rings is 2. The largest absolute Gasteiger partial charge is 0.497 e. The van der Waals surface area contributed by atoms with E-state index in [1.165, 1.54) is 16.5 Å². The number of nitrogens with one attached hydrogen (secondary N) is 2. The van der Waals surface area contributed by atoms with Gasteiger partial charge in [0.25, 0.3) is 10.0 Å². The zero-order valence-electron chi connectivity index (χ0n) is 20.9. The van der Waals surface area contributed by atoms with E-state index in [0.717, 1.165) is 31.4 Å². The predicted octanol–water partition coefficient (Wildman–Crippen LogP) is 4.26. The van der Waals surface area contributed by atoms with Crippen LogP contribution in [0.1, 0.15) is 50.0 Å². The molecule has 0 atom stereocenters. The molecule has 1 saturated carbocycles. The number of fused-ring (bicyclic) bond motifs is 1. The van der Waals surface area contributed by atoms with E-state index < -0.39 is 10.0 Å². The number of anilines is 1. The molecule has 5 rings (SSSR count). The number of rotatable bonds is 8. The number of aromatic nitrogens is 4. The lowest BCUT2D eigenvalue weighted by Crippen LogP contribution is -2.20. The maximum absolute atomic E-state index is 13.2. The van der Waals surface area contributed by atoms with E-state index in [0.29, 0.717) is 40.8 Å². The monoisotopic (exact) mass is 523 g/mol. The second-order valence-corrected chi connectivity index (χ2v) is 10.7. The standard InChI is InChI=1S/C26H29N5O5S/c1-4-36-22-14-13-20(37(33,34)30-18-9-11-19(35-3)12-10-18)15-21(22)24-28-25-23(17-7-5-6-8-17)27-16(2)31(25)26(32)29-24/h9-15,17,30H,4-8H2,1-3H3,(H,28,29,32). The molecule has 194 valence electrons. The zero-order chi connectivity index (χ0) is 26.2. The van der Waals surface area contributed by atoms with Gasteiger partial charge in [0.15, 0.2) is 5.65 Å². The van der Waals surface area contributed by atoms with Crippen molar-refractivity contribution in [3.05, 3.63) is 64.5 Å². The molecule has 0 unspecified atom stereocenters. The van der Waals surface area contributed by atoms with Crippen LogP contribution in [0.15, 0.2) is 52.2 Å². The molecule has 0 spiro atoms. The molecule has 2 heterocycles. The molecule has 2 N–H and O–H groups in total. The number of sulfonamides is 1. The first-order valence-corrected chi connectivity index (χ1v) is 13.7. The normalized spacial score (nSPS) is 14.2. The summed E-state index contributed by atoms with van der Waals surface area (Å²) in [4.78, 5) is 25.4. The molecule has 0 aliphatic heterocycles. The minimum atomic E-state index is -3.95. The van der Waals surface area contributed by atoms with E-state index in [1.54, 1.807) is 44.4 Å². The highest BCUT2D eigenvalue weighted by molar-refractivity contribution is 7.92. The SMILES string of the molecule is CCOc1ccc(S(=O)(=O)Nc2ccc(OC)cc2)cc1-c1nc2c(C3CCCC3)nc(C)n2c(=O)[nH]1. The van der Waals surface area contributed by atoms with Crippen LogP contribution in [0.4, 0.5) is 5.69 Å². The van der Waals surface area contributed by atoms with Gasteiger partial charge in [-0.25, -0.2) is 27.6 Å².